The number of hydrogen-bond acceptors (Lipinski definition) is 6. The molecule has 0 rings (SSSR count). The fraction of sp³-hybridized carbons (Fsp3) is 1.00. The van der Waals surface area contributed by atoms with E-state index in [2.05, 4.69) is 5.32 Å². The summed E-state index contributed by atoms with van der Waals surface area (Å²) < 4.78 is 27.0. The Kier molecular flexibility index (Phi) is 23.1. The van der Waals surface area contributed by atoms with Crippen LogP contribution < -0.4 is 5.32 Å². The van der Waals surface area contributed by atoms with Crippen molar-refractivity contribution in [3.8, 4) is 0 Å². The van der Waals surface area contributed by atoms with Crippen LogP contribution in [0.1, 0.15) is 25.7 Å². The van der Waals surface area contributed by atoms with Gasteiger partial charge in [-0.1, -0.05) is 12.8 Å². The molecule has 0 atom stereocenters. The molecule has 24 heavy (non-hydrogen) atoms. The lowest BCUT2D eigenvalue weighted by Gasteiger charge is -2.08. The number of rotatable bonds is 21. The van der Waals surface area contributed by atoms with Crippen LogP contribution in [0.25, 0.3) is 0 Å². The Morgan fingerprint density at radius 1 is 0.542 bits per heavy atom. The Bertz CT molecular complexity index is 203. The van der Waals surface area contributed by atoms with E-state index in [1.807, 2.05) is 7.05 Å². The average molecular weight is 370 g/mol. The van der Waals surface area contributed by atoms with E-state index in [1.54, 1.807) is 0 Å². The number of unbranched alkanes of at least 4 members (excludes halogenated alkanes) is 3. The molecule has 0 spiro atoms. The summed E-state index contributed by atoms with van der Waals surface area (Å²) in [6, 6.07) is 0. The highest BCUT2D eigenvalue weighted by Crippen LogP contribution is 2.00. The highest BCUT2D eigenvalue weighted by molar-refractivity contribution is 6.17. The van der Waals surface area contributed by atoms with Crippen molar-refractivity contribution in [2.24, 2.45) is 0 Å². The molecule has 7 heteroatoms. The number of likely N-dealkylation sites (N-methyl/N-ethyl adjacent to an activating group) is 1. The molecule has 0 heterocycles. The average Bonchev–Trinajstić information content (AvgIpc) is 2.60. The Labute approximate surface area is 152 Å². The van der Waals surface area contributed by atoms with Crippen molar-refractivity contribution in [2.75, 3.05) is 85.5 Å². The number of halogens is 1. The molecule has 6 nitrogen and oxygen atoms in total. The van der Waals surface area contributed by atoms with Gasteiger partial charge >= 0.3 is 0 Å². The maximum Gasteiger partial charge on any atom is 0.0701 e. The van der Waals surface area contributed by atoms with Gasteiger partial charge in [0.25, 0.3) is 0 Å². The van der Waals surface area contributed by atoms with Gasteiger partial charge < -0.3 is 29.0 Å². The third-order valence-corrected chi connectivity index (χ3v) is 3.42. The molecule has 0 radical (unpaired) electrons. The van der Waals surface area contributed by atoms with Crippen molar-refractivity contribution in [3.63, 3.8) is 0 Å². The molecule has 1 N–H and O–H groups in total. The van der Waals surface area contributed by atoms with Crippen molar-refractivity contribution in [1.29, 1.82) is 0 Å². The topological polar surface area (TPSA) is 58.2 Å². The van der Waals surface area contributed by atoms with Crippen LogP contribution in [-0.4, -0.2) is 85.5 Å². The van der Waals surface area contributed by atoms with Crippen molar-refractivity contribution >= 4 is 11.6 Å². The van der Waals surface area contributed by atoms with E-state index in [0.717, 1.165) is 31.9 Å². The van der Waals surface area contributed by atoms with Crippen LogP contribution in [0, 0.1) is 0 Å². The molecular weight excluding hydrogens is 334 g/mol. The summed E-state index contributed by atoms with van der Waals surface area (Å²) in [6.07, 6.45) is 4.57. The molecule has 146 valence electrons. The summed E-state index contributed by atoms with van der Waals surface area (Å²) in [6.45, 7) is 7.21. The van der Waals surface area contributed by atoms with Gasteiger partial charge in [-0.3, -0.25) is 0 Å². The second-order valence-electron chi connectivity index (χ2n) is 5.27. The number of alkyl halides is 1. The van der Waals surface area contributed by atoms with E-state index < -0.39 is 0 Å². The van der Waals surface area contributed by atoms with Crippen molar-refractivity contribution in [3.05, 3.63) is 0 Å². The predicted octanol–water partition coefficient (Wildman–Crippen LogP) is 2.09. The second kappa shape index (κ2) is 23.1. The molecule has 0 saturated heterocycles. The second-order valence-corrected chi connectivity index (χ2v) is 5.65. The number of hydrogen-bond donors (Lipinski definition) is 1. The number of ether oxygens (including phenoxy) is 5. The first kappa shape index (κ1) is 24.1. The summed E-state index contributed by atoms with van der Waals surface area (Å²) in [5, 5.41) is 3.02. The summed E-state index contributed by atoms with van der Waals surface area (Å²) in [7, 11) is 1.90. The molecule has 0 amide bonds. The van der Waals surface area contributed by atoms with Crippen LogP contribution in [0.15, 0.2) is 0 Å². The third-order valence-electron chi connectivity index (χ3n) is 3.16. The molecule has 0 aromatic heterocycles. The minimum Gasteiger partial charge on any atom is -0.379 e. The molecule has 0 aliphatic heterocycles. The van der Waals surface area contributed by atoms with E-state index >= 15 is 0 Å². The van der Waals surface area contributed by atoms with Crippen molar-refractivity contribution in [2.45, 2.75) is 25.7 Å². The monoisotopic (exact) mass is 369 g/mol. The van der Waals surface area contributed by atoms with Crippen molar-refractivity contribution < 1.29 is 23.7 Å². The first-order valence-corrected chi connectivity index (χ1v) is 9.54. The fourth-order valence-electron chi connectivity index (χ4n) is 1.81. The Balaban J connectivity index is 2.93. The molecule has 0 aliphatic rings. The molecular formula is C17H36ClNO5. The maximum atomic E-state index is 5.62. The van der Waals surface area contributed by atoms with Crippen LogP contribution in [0.4, 0.5) is 0 Å². The minimum atomic E-state index is 0.582. The van der Waals surface area contributed by atoms with Crippen LogP contribution >= 0.6 is 11.6 Å². The van der Waals surface area contributed by atoms with Gasteiger partial charge in [0.2, 0.25) is 0 Å². The van der Waals surface area contributed by atoms with Crippen LogP contribution in [0.3, 0.4) is 0 Å². The minimum absolute atomic E-state index is 0.582. The smallest absolute Gasteiger partial charge is 0.0701 e. The summed E-state index contributed by atoms with van der Waals surface area (Å²) >= 11 is 5.62. The lowest BCUT2D eigenvalue weighted by molar-refractivity contribution is -0.0109. The largest absolute Gasteiger partial charge is 0.379 e. The maximum absolute atomic E-state index is 5.62. The molecule has 0 unspecified atom stereocenters. The van der Waals surface area contributed by atoms with Gasteiger partial charge in [-0.2, -0.15) is 0 Å². The lowest BCUT2D eigenvalue weighted by Crippen LogP contribution is -2.17. The predicted molar refractivity (Wildman–Crippen MR) is 97.2 cm³/mol. The Hall–Kier alpha value is 0.0500. The van der Waals surface area contributed by atoms with E-state index in [4.69, 9.17) is 35.3 Å². The van der Waals surface area contributed by atoms with Crippen LogP contribution in [0.2, 0.25) is 0 Å². The van der Waals surface area contributed by atoms with E-state index in [0.29, 0.717) is 59.5 Å². The standard InChI is InChI=1S/C17H36ClNO5/c1-19-7-9-21-11-13-23-15-17-24-16-14-22-12-10-20-8-5-3-2-4-6-18/h19H,2-17H2,1H3. The van der Waals surface area contributed by atoms with Crippen molar-refractivity contribution in [1.82, 2.24) is 5.32 Å². The van der Waals surface area contributed by atoms with E-state index in [9.17, 15) is 0 Å². The Morgan fingerprint density at radius 2 is 0.958 bits per heavy atom. The van der Waals surface area contributed by atoms with E-state index in [1.165, 1.54) is 12.8 Å². The summed E-state index contributed by atoms with van der Waals surface area (Å²) in [4.78, 5) is 0. The fourth-order valence-corrected chi connectivity index (χ4v) is 2.00. The normalized spacial score (nSPS) is 11.2. The van der Waals surface area contributed by atoms with E-state index in [-0.39, 0.29) is 0 Å². The molecule has 0 aliphatic carbocycles. The summed E-state index contributed by atoms with van der Waals surface area (Å²) in [5.41, 5.74) is 0. The SMILES string of the molecule is CNCCOCCOCCOCCOCCOCCCCCCCl. The van der Waals surface area contributed by atoms with Gasteiger partial charge in [0.05, 0.1) is 59.5 Å². The number of nitrogens with one attached hydrogen (secondary N) is 1. The zero-order valence-corrected chi connectivity index (χ0v) is 16.0. The van der Waals surface area contributed by atoms with Gasteiger partial charge in [0.15, 0.2) is 0 Å². The first-order valence-electron chi connectivity index (χ1n) is 9.01. The molecule has 0 bridgehead atoms. The molecule has 0 saturated carbocycles. The van der Waals surface area contributed by atoms with Gasteiger partial charge in [-0.15, -0.1) is 11.6 Å². The molecule has 0 aromatic carbocycles. The van der Waals surface area contributed by atoms with Gasteiger partial charge in [-0.25, -0.2) is 0 Å². The Morgan fingerprint density at radius 3 is 1.42 bits per heavy atom. The molecule has 0 fully saturated rings. The van der Waals surface area contributed by atoms with Gasteiger partial charge in [0, 0.05) is 19.0 Å². The van der Waals surface area contributed by atoms with Crippen LogP contribution in [-0.2, 0) is 23.7 Å². The first-order chi connectivity index (χ1) is 11.9. The summed E-state index contributed by atoms with van der Waals surface area (Å²) in [5.74, 6) is 0.758. The highest BCUT2D eigenvalue weighted by atomic mass is 35.5. The van der Waals surface area contributed by atoms with Gasteiger partial charge in [-0.05, 0) is 19.9 Å². The van der Waals surface area contributed by atoms with Crippen LogP contribution in [0.5, 0.6) is 0 Å². The zero-order valence-electron chi connectivity index (χ0n) is 15.2. The van der Waals surface area contributed by atoms with Gasteiger partial charge in [0.1, 0.15) is 0 Å². The quantitative estimate of drug-likeness (QED) is 0.247. The zero-order chi connectivity index (χ0) is 17.6. The molecule has 0 aromatic rings. The third kappa shape index (κ3) is 22.1. The lowest BCUT2D eigenvalue weighted by atomic mass is 10.2. The highest BCUT2D eigenvalue weighted by Gasteiger charge is 1.94.